The molecule has 1 unspecified atom stereocenters. The van der Waals surface area contributed by atoms with E-state index in [4.69, 9.17) is 0 Å². The Morgan fingerprint density at radius 1 is 0.500 bits per heavy atom. The monoisotopic (exact) mass is 103 g/mol. The van der Waals surface area contributed by atoms with Crippen LogP contribution in [0.4, 0.5) is 0 Å². The van der Waals surface area contributed by atoms with Crippen molar-refractivity contribution in [1.29, 1.82) is 0 Å². The summed E-state index contributed by atoms with van der Waals surface area (Å²) in [6, 6.07) is 0. The molecule has 0 saturated heterocycles. The van der Waals surface area contributed by atoms with Crippen molar-refractivity contribution in [3.63, 3.8) is 0 Å². The summed E-state index contributed by atoms with van der Waals surface area (Å²) in [6.07, 6.45) is 0. The van der Waals surface area contributed by atoms with Gasteiger partial charge in [-0.1, -0.05) is 0 Å². The predicted octanol–water partition coefficient (Wildman–Crippen LogP) is -1.08. The van der Waals surface area contributed by atoms with Gasteiger partial charge in [-0.05, 0) is 0 Å². The van der Waals surface area contributed by atoms with Gasteiger partial charge in [0.25, 0.3) is 0 Å². The fraction of sp³-hybridized carbons (Fsp3) is 0. The third-order valence-electron chi connectivity index (χ3n) is 0. The molecule has 0 heterocycles. The molecule has 0 spiro atoms. The molecule has 0 amide bonds. The fourth-order valence-corrected chi connectivity index (χ4v) is 0. The summed E-state index contributed by atoms with van der Waals surface area (Å²) in [6.45, 7) is 0. The first-order valence-corrected chi connectivity index (χ1v) is 0. The van der Waals surface area contributed by atoms with Gasteiger partial charge in [0, 0.05) is 88.7 Å². The standard InChI is InChI=1S/3Na.H3P/h;;;1H3. The van der Waals surface area contributed by atoms with Gasteiger partial charge in [0.05, 0.1) is 0 Å². The third kappa shape index (κ3) is 9.06. The largest absolute Gasteiger partial charge is 0.153 e. The molecule has 3 radical (unpaired) electrons. The van der Waals surface area contributed by atoms with Gasteiger partial charge in [0.2, 0.25) is 0 Å². The average molecular weight is 103 g/mol. The van der Waals surface area contributed by atoms with Crippen molar-refractivity contribution in [3.05, 3.63) is 0 Å². The number of hydrogen-bond donors (Lipinski definition) is 0. The zero-order valence-corrected chi connectivity index (χ0v) is 11.1. The van der Waals surface area contributed by atoms with Gasteiger partial charge in [0.15, 0.2) is 0 Å². The van der Waals surface area contributed by atoms with Gasteiger partial charge in [-0.25, -0.2) is 0 Å². The van der Waals surface area contributed by atoms with E-state index in [9.17, 15) is 0 Å². The van der Waals surface area contributed by atoms with Crippen LogP contribution in [0.3, 0.4) is 0 Å². The molecule has 0 saturated carbocycles. The van der Waals surface area contributed by atoms with Crippen LogP contribution in [0.5, 0.6) is 0 Å². The molecule has 4 heteroatoms. The Bertz CT molecular complexity index is 3.25. The Balaban J connectivity index is 0. The molecule has 0 fully saturated rings. The van der Waals surface area contributed by atoms with E-state index in [2.05, 4.69) is 0 Å². The van der Waals surface area contributed by atoms with Crippen LogP contribution in [0.15, 0.2) is 0 Å². The van der Waals surface area contributed by atoms with Gasteiger partial charge in [-0.2, -0.15) is 9.90 Å². The van der Waals surface area contributed by atoms with Gasteiger partial charge in [-0.15, -0.1) is 0 Å². The van der Waals surface area contributed by atoms with Crippen molar-refractivity contribution in [2.45, 2.75) is 0 Å². The van der Waals surface area contributed by atoms with E-state index in [0.29, 0.717) is 0 Å². The molecule has 0 nitrogen and oxygen atoms in total. The summed E-state index contributed by atoms with van der Waals surface area (Å²) in [4.78, 5) is 0. The second-order valence-electron chi connectivity index (χ2n) is 0. The summed E-state index contributed by atoms with van der Waals surface area (Å²) in [5.41, 5.74) is 0. The van der Waals surface area contributed by atoms with Crippen LogP contribution in [-0.2, 0) is 0 Å². The molecular weight excluding hydrogens is 99.9 g/mol. The Morgan fingerprint density at radius 2 is 0.500 bits per heavy atom. The van der Waals surface area contributed by atoms with Crippen LogP contribution in [-0.4, -0.2) is 88.7 Å². The van der Waals surface area contributed by atoms with Crippen molar-refractivity contribution in [3.8, 4) is 0 Å². The normalized spacial score (nSPS) is 0. The van der Waals surface area contributed by atoms with Crippen molar-refractivity contribution in [2.24, 2.45) is 0 Å². The first-order valence-electron chi connectivity index (χ1n) is 0. The molecule has 0 bridgehead atoms. The average Bonchev–Trinajstić information content (AvgIpc) is 0. The first kappa shape index (κ1) is 26.1. The van der Waals surface area contributed by atoms with Gasteiger partial charge in [0.1, 0.15) is 0 Å². The molecule has 0 aromatic heterocycles. The molecule has 4 heavy (non-hydrogen) atoms. The topological polar surface area (TPSA) is 0 Å². The van der Waals surface area contributed by atoms with Crippen molar-refractivity contribution in [1.82, 2.24) is 0 Å². The Labute approximate surface area is 96.4 Å². The minimum absolute atomic E-state index is 0. The number of hydrogen-bond acceptors (Lipinski definition) is 0. The molecule has 11 valence electrons. The van der Waals surface area contributed by atoms with E-state index in [1.54, 1.807) is 0 Å². The van der Waals surface area contributed by atoms with Crippen molar-refractivity contribution < 1.29 is 0 Å². The quantitative estimate of drug-likeness (QED) is 0.270. The molecule has 0 N–H and O–H groups in total. The van der Waals surface area contributed by atoms with Crippen LogP contribution >= 0.6 is 9.90 Å². The molecule has 1 atom stereocenters. The van der Waals surface area contributed by atoms with E-state index in [-0.39, 0.29) is 98.6 Å². The molecule has 0 rings (SSSR count). The molecule has 0 aliphatic carbocycles. The minimum atomic E-state index is 0. The smallest absolute Gasteiger partial charge is 0 e. The molecule has 0 aromatic carbocycles. The van der Waals surface area contributed by atoms with Gasteiger partial charge in [-0.3, -0.25) is 0 Å². The van der Waals surface area contributed by atoms with E-state index in [1.807, 2.05) is 0 Å². The first-order chi connectivity index (χ1) is 0. The zero-order chi connectivity index (χ0) is 0. The second kappa shape index (κ2) is 16.1. The second-order valence-corrected chi connectivity index (χ2v) is 0. The van der Waals surface area contributed by atoms with Crippen LogP contribution in [0.1, 0.15) is 0 Å². The zero-order valence-electron chi connectivity index (χ0n) is 3.71. The van der Waals surface area contributed by atoms with Crippen LogP contribution in [0.2, 0.25) is 0 Å². The van der Waals surface area contributed by atoms with Crippen molar-refractivity contribution in [2.75, 3.05) is 0 Å². The van der Waals surface area contributed by atoms with Crippen molar-refractivity contribution >= 4 is 98.6 Å². The number of rotatable bonds is 0. The van der Waals surface area contributed by atoms with E-state index in [0.717, 1.165) is 0 Å². The summed E-state index contributed by atoms with van der Waals surface area (Å²) in [7, 11) is 0. The molecular formula is H3Na3P. The summed E-state index contributed by atoms with van der Waals surface area (Å²) >= 11 is 0. The predicted molar refractivity (Wildman–Crippen MR) is 28.4 cm³/mol. The van der Waals surface area contributed by atoms with Gasteiger partial charge < -0.3 is 0 Å². The van der Waals surface area contributed by atoms with E-state index < -0.39 is 0 Å². The van der Waals surface area contributed by atoms with E-state index >= 15 is 0 Å². The Kier molecular flexibility index (Phi) is 105. The fourth-order valence-electron chi connectivity index (χ4n) is 0. The maximum absolute atomic E-state index is 0. The Morgan fingerprint density at radius 3 is 0.500 bits per heavy atom. The molecule has 0 aliphatic heterocycles. The maximum atomic E-state index is 0. The van der Waals surface area contributed by atoms with Crippen LogP contribution in [0.25, 0.3) is 0 Å². The Hall–Kier alpha value is 3.43. The van der Waals surface area contributed by atoms with Crippen LogP contribution < -0.4 is 0 Å². The van der Waals surface area contributed by atoms with Gasteiger partial charge >= 0.3 is 0 Å². The summed E-state index contributed by atoms with van der Waals surface area (Å²) in [5.74, 6) is 0. The van der Waals surface area contributed by atoms with Crippen LogP contribution in [0, 0.1) is 0 Å². The van der Waals surface area contributed by atoms with E-state index in [1.165, 1.54) is 0 Å². The molecule has 0 aliphatic rings. The SMILES string of the molecule is P.[Na].[Na].[Na]. The summed E-state index contributed by atoms with van der Waals surface area (Å²) in [5, 5.41) is 0. The summed E-state index contributed by atoms with van der Waals surface area (Å²) < 4.78 is 0. The molecule has 0 aromatic rings. The maximum Gasteiger partial charge on any atom is 0 e. The third-order valence-corrected chi connectivity index (χ3v) is 0. The minimum Gasteiger partial charge on any atom is -0.153 e.